The minimum absolute atomic E-state index is 0.0870. The minimum Gasteiger partial charge on any atom is -0.379 e. The maximum absolute atomic E-state index is 12.4. The monoisotopic (exact) mass is 405 g/mol. The number of hydrogen-bond acceptors (Lipinski definition) is 4. The molecule has 158 valence electrons. The van der Waals surface area contributed by atoms with Gasteiger partial charge in [0.15, 0.2) is 0 Å². The lowest BCUT2D eigenvalue weighted by molar-refractivity contribution is -0.122. The Kier molecular flexibility index (Phi) is 7.29. The largest absolute Gasteiger partial charge is 0.379 e. The quantitative estimate of drug-likeness (QED) is 0.769. The standard InChI is InChI=1S/C25H31N3O2/c29-25(20-27-12-10-24(11-13-27)23-4-2-1-3-5-23)26-18-21-6-8-22(9-7-21)19-28-14-16-30-17-15-28/h1-10H,11-20H2,(H,26,29). The first kappa shape index (κ1) is 20.8. The van der Waals surface area contributed by atoms with Crippen LogP contribution in [0.4, 0.5) is 0 Å². The van der Waals surface area contributed by atoms with Gasteiger partial charge in [0, 0.05) is 39.3 Å². The number of ether oxygens (including phenoxy) is 1. The number of benzene rings is 2. The van der Waals surface area contributed by atoms with Gasteiger partial charge in [-0.2, -0.15) is 0 Å². The first-order valence-corrected chi connectivity index (χ1v) is 10.9. The van der Waals surface area contributed by atoms with Crippen molar-refractivity contribution < 1.29 is 9.53 Å². The van der Waals surface area contributed by atoms with Crippen molar-refractivity contribution >= 4 is 11.5 Å². The van der Waals surface area contributed by atoms with E-state index in [1.165, 1.54) is 16.7 Å². The third-order valence-electron chi connectivity index (χ3n) is 5.83. The van der Waals surface area contributed by atoms with Crippen LogP contribution in [0, 0.1) is 0 Å². The van der Waals surface area contributed by atoms with Crippen molar-refractivity contribution in [1.29, 1.82) is 0 Å². The lowest BCUT2D eigenvalue weighted by Gasteiger charge is -2.26. The van der Waals surface area contributed by atoms with Gasteiger partial charge in [-0.3, -0.25) is 14.6 Å². The van der Waals surface area contributed by atoms with Gasteiger partial charge in [0.25, 0.3) is 0 Å². The molecule has 0 aliphatic carbocycles. The second kappa shape index (κ2) is 10.5. The van der Waals surface area contributed by atoms with Crippen molar-refractivity contribution in [2.45, 2.75) is 19.5 Å². The summed E-state index contributed by atoms with van der Waals surface area (Å²) in [5.41, 5.74) is 5.11. The fourth-order valence-corrected chi connectivity index (χ4v) is 4.01. The summed E-state index contributed by atoms with van der Waals surface area (Å²) in [6.07, 6.45) is 3.24. The first-order chi connectivity index (χ1) is 14.8. The molecule has 30 heavy (non-hydrogen) atoms. The third-order valence-corrected chi connectivity index (χ3v) is 5.83. The molecule has 1 fully saturated rings. The first-order valence-electron chi connectivity index (χ1n) is 10.9. The van der Waals surface area contributed by atoms with Crippen LogP contribution in [0.15, 0.2) is 60.7 Å². The predicted molar refractivity (Wildman–Crippen MR) is 120 cm³/mol. The Morgan fingerprint density at radius 1 is 0.900 bits per heavy atom. The number of hydrogen-bond donors (Lipinski definition) is 1. The van der Waals surface area contributed by atoms with Crippen LogP contribution in [-0.4, -0.2) is 61.6 Å². The Morgan fingerprint density at radius 2 is 1.63 bits per heavy atom. The summed E-state index contributed by atoms with van der Waals surface area (Å²) in [6, 6.07) is 19.1. The van der Waals surface area contributed by atoms with Crippen LogP contribution < -0.4 is 5.32 Å². The maximum Gasteiger partial charge on any atom is 0.234 e. The van der Waals surface area contributed by atoms with E-state index in [1.54, 1.807) is 0 Å². The van der Waals surface area contributed by atoms with Crippen molar-refractivity contribution in [2.24, 2.45) is 0 Å². The van der Waals surface area contributed by atoms with Crippen LogP contribution in [0.2, 0.25) is 0 Å². The fraction of sp³-hybridized carbons (Fsp3) is 0.400. The van der Waals surface area contributed by atoms with E-state index in [0.717, 1.165) is 57.9 Å². The van der Waals surface area contributed by atoms with Crippen molar-refractivity contribution in [3.8, 4) is 0 Å². The topological polar surface area (TPSA) is 44.8 Å². The van der Waals surface area contributed by atoms with Gasteiger partial charge in [-0.25, -0.2) is 0 Å². The number of amides is 1. The summed E-state index contributed by atoms with van der Waals surface area (Å²) in [6.45, 7) is 7.38. The highest BCUT2D eigenvalue weighted by Gasteiger charge is 2.15. The van der Waals surface area contributed by atoms with E-state index in [0.29, 0.717) is 13.1 Å². The Labute approximate surface area is 179 Å². The van der Waals surface area contributed by atoms with Gasteiger partial charge in [-0.05, 0) is 28.7 Å². The van der Waals surface area contributed by atoms with Crippen LogP contribution in [0.5, 0.6) is 0 Å². The third kappa shape index (κ3) is 6.02. The zero-order valence-electron chi connectivity index (χ0n) is 17.6. The highest BCUT2D eigenvalue weighted by atomic mass is 16.5. The number of nitrogens with zero attached hydrogens (tertiary/aromatic N) is 2. The fourth-order valence-electron chi connectivity index (χ4n) is 4.01. The molecular weight excluding hydrogens is 374 g/mol. The lowest BCUT2D eigenvalue weighted by Crippen LogP contribution is -2.39. The van der Waals surface area contributed by atoms with Crippen molar-refractivity contribution in [1.82, 2.24) is 15.1 Å². The second-order valence-electron chi connectivity index (χ2n) is 8.06. The maximum atomic E-state index is 12.4. The molecule has 5 nitrogen and oxygen atoms in total. The highest BCUT2D eigenvalue weighted by Crippen LogP contribution is 2.21. The van der Waals surface area contributed by atoms with Gasteiger partial charge in [0.05, 0.1) is 19.8 Å². The number of morpholine rings is 1. The van der Waals surface area contributed by atoms with Crippen molar-refractivity contribution in [3.63, 3.8) is 0 Å². The van der Waals surface area contributed by atoms with Gasteiger partial charge >= 0.3 is 0 Å². The molecule has 2 aromatic carbocycles. The van der Waals surface area contributed by atoms with Crippen LogP contribution in [-0.2, 0) is 22.6 Å². The molecule has 2 heterocycles. The summed E-state index contributed by atoms with van der Waals surface area (Å²) < 4.78 is 5.40. The zero-order chi connectivity index (χ0) is 20.6. The minimum atomic E-state index is 0.0870. The van der Waals surface area contributed by atoms with Gasteiger partial charge in [-0.1, -0.05) is 60.7 Å². The zero-order valence-corrected chi connectivity index (χ0v) is 17.6. The Morgan fingerprint density at radius 3 is 2.33 bits per heavy atom. The van der Waals surface area contributed by atoms with E-state index < -0.39 is 0 Å². The molecule has 2 aliphatic rings. The van der Waals surface area contributed by atoms with Crippen molar-refractivity contribution in [3.05, 3.63) is 77.4 Å². The van der Waals surface area contributed by atoms with Gasteiger partial charge < -0.3 is 10.1 Å². The molecule has 4 rings (SSSR count). The summed E-state index contributed by atoms with van der Waals surface area (Å²) in [5.74, 6) is 0.0870. The molecule has 0 radical (unpaired) electrons. The Hall–Kier alpha value is -2.47. The SMILES string of the molecule is O=C(CN1CC=C(c2ccccc2)CC1)NCc1ccc(CN2CCOCC2)cc1. The molecule has 0 unspecified atom stereocenters. The summed E-state index contributed by atoms with van der Waals surface area (Å²) in [7, 11) is 0. The van der Waals surface area contributed by atoms with Gasteiger partial charge in [0.1, 0.15) is 0 Å². The summed E-state index contributed by atoms with van der Waals surface area (Å²) in [5, 5.41) is 3.06. The molecule has 5 heteroatoms. The molecule has 0 spiro atoms. The van der Waals surface area contributed by atoms with Crippen LogP contribution in [0.3, 0.4) is 0 Å². The normalized spacial score (nSPS) is 18.1. The average molecular weight is 406 g/mol. The number of rotatable bonds is 7. The van der Waals surface area contributed by atoms with Gasteiger partial charge in [0.2, 0.25) is 5.91 Å². The van der Waals surface area contributed by atoms with E-state index in [9.17, 15) is 4.79 Å². The van der Waals surface area contributed by atoms with Crippen LogP contribution in [0.1, 0.15) is 23.1 Å². The van der Waals surface area contributed by atoms with Gasteiger partial charge in [-0.15, -0.1) is 0 Å². The molecular formula is C25H31N3O2. The molecule has 0 atom stereocenters. The van der Waals surface area contributed by atoms with Crippen LogP contribution >= 0.6 is 0 Å². The number of carbonyl (C=O) groups excluding carboxylic acids is 1. The van der Waals surface area contributed by atoms with E-state index in [1.807, 2.05) is 6.07 Å². The van der Waals surface area contributed by atoms with Crippen molar-refractivity contribution in [2.75, 3.05) is 45.9 Å². The molecule has 1 N–H and O–H groups in total. The number of carbonyl (C=O) groups is 1. The summed E-state index contributed by atoms with van der Waals surface area (Å²) >= 11 is 0. The molecule has 0 saturated carbocycles. The smallest absolute Gasteiger partial charge is 0.234 e. The molecule has 1 amide bonds. The molecule has 1 saturated heterocycles. The lowest BCUT2D eigenvalue weighted by atomic mass is 10.00. The summed E-state index contributed by atoms with van der Waals surface area (Å²) in [4.78, 5) is 17.0. The second-order valence-corrected chi connectivity index (χ2v) is 8.06. The van der Waals surface area contributed by atoms with E-state index >= 15 is 0 Å². The van der Waals surface area contributed by atoms with E-state index in [4.69, 9.17) is 4.74 Å². The van der Waals surface area contributed by atoms with E-state index in [-0.39, 0.29) is 5.91 Å². The molecule has 0 aromatic heterocycles. The Balaban J connectivity index is 1.19. The van der Waals surface area contributed by atoms with E-state index in [2.05, 4.69) is 69.7 Å². The van der Waals surface area contributed by atoms with Crippen LogP contribution in [0.25, 0.3) is 5.57 Å². The molecule has 2 aliphatic heterocycles. The highest BCUT2D eigenvalue weighted by molar-refractivity contribution is 5.78. The molecule has 0 bridgehead atoms. The average Bonchev–Trinajstić information content (AvgIpc) is 2.80. The molecule has 2 aromatic rings. The number of nitrogens with one attached hydrogen (secondary N) is 1. The Bertz CT molecular complexity index is 842. The predicted octanol–water partition coefficient (Wildman–Crippen LogP) is 2.92.